The van der Waals surface area contributed by atoms with Crippen LogP contribution in [-0.2, 0) is 4.84 Å². The highest BCUT2D eigenvalue weighted by Gasteiger charge is 2.04. The Balaban J connectivity index is 0.000000461. The fourth-order valence-electron chi connectivity index (χ4n) is 0.936. The monoisotopic (exact) mass is 158 g/mol. The van der Waals surface area contributed by atoms with Crippen LogP contribution in [0.25, 0.3) is 0 Å². The Morgan fingerprint density at radius 2 is 1.82 bits per heavy atom. The van der Waals surface area contributed by atoms with Crippen molar-refractivity contribution >= 4 is 5.71 Å². The smallest absolute Gasteiger partial charge is 0.106 e. The first-order chi connectivity index (χ1) is 5.43. The molecule has 1 heterocycles. The maximum absolute atomic E-state index is 4.64. The van der Waals surface area contributed by atoms with Gasteiger partial charge in [-0.05, 0) is 0 Å². The van der Waals surface area contributed by atoms with Gasteiger partial charge in [0.2, 0.25) is 0 Å². The van der Waals surface area contributed by atoms with Crippen molar-refractivity contribution in [3.63, 3.8) is 0 Å². The van der Waals surface area contributed by atoms with Crippen LogP contribution in [0.1, 0.15) is 26.7 Å². The maximum atomic E-state index is 4.64. The molecule has 0 aliphatic carbocycles. The number of hydrogen-bond donors (Lipinski definition) is 1. The zero-order chi connectivity index (χ0) is 8.53. The van der Waals surface area contributed by atoms with E-state index in [0.29, 0.717) is 0 Å². The van der Waals surface area contributed by atoms with Gasteiger partial charge in [-0.15, -0.1) is 0 Å². The largest absolute Gasteiger partial charge is 0.399 e. The van der Waals surface area contributed by atoms with E-state index in [1.807, 2.05) is 13.8 Å². The van der Waals surface area contributed by atoms with Crippen LogP contribution in [0.5, 0.6) is 0 Å². The lowest BCUT2D eigenvalue weighted by molar-refractivity contribution is 0.211. The van der Waals surface area contributed by atoms with Gasteiger partial charge in [-0.1, -0.05) is 19.0 Å². The van der Waals surface area contributed by atoms with Crippen LogP contribution >= 0.6 is 0 Å². The van der Waals surface area contributed by atoms with Gasteiger partial charge in [0, 0.05) is 25.9 Å². The summed E-state index contributed by atoms with van der Waals surface area (Å²) in [5, 5.41) is 7.10. The molecule has 1 fully saturated rings. The summed E-state index contributed by atoms with van der Waals surface area (Å²) in [6, 6.07) is 0. The average Bonchev–Trinajstić information content (AvgIpc) is 2.11. The Morgan fingerprint density at radius 1 is 1.27 bits per heavy atom. The molecule has 0 unspecified atom stereocenters. The quantitative estimate of drug-likeness (QED) is 0.585. The summed E-state index contributed by atoms with van der Waals surface area (Å²) in [5.41, 5.74) is 1.18. The van der Waals surface area contributed by atoms with Crippen molar-refractivity contribution in [2.24, 2.45) is 5.16 Å². The molecule has 1 rings (SSSR count). The number of nitrogens with zero attached hydrogens (tertiary/aromatic N) is 1. The minimum absolute atomic E-state index is 1.04. The van der Waals surface area contributed by atoms with Crippen molar-refractivity contribution in [1.29, 1.82) is 0 Å². The fourth-order valence-corrected chi connectivity index (χ4v) is 0.936. The Labute approximate surface area is 68.8 Å². The molecule has 0 saturated carbocycles. The van der Waals surface area contributed by atoms with Gasteiger partial charge in [-0.2, -0.15) is 0 Å². The lowest BCUT2D eigenvalue weighted by Crippen LogP contribution is -2.27. The van der Waals surface area contributed by atoms with Gasteiger partial charge in [0.15, 0.2) is 0 Å². The minimum Gasteiger partial charge on any atom is -0.399 e. The molecular weight excluding hydrogens is 140 g/mol. The average molecular weight is 158 g/mol. The zero-order valence-electron chi connectivity index (χ0n) is 7.68. The minimum atomic E-state index is 1.04. The topological polar surface area (TPSA) is 33.6 Å². The molecule has 1 N–H and O–H groups in total. The molecule has 0 bridgehead atoms. The summed E-state index contributed by atoms with van der Waals surface area (Å²) < 4.78 is 0. The van der Waals surface area contributed by atoms with E-state index < -0.39 is 0 Å². The summed E-state index contributed by atoms with van der Waals surface area (Å²) in [4.78, 5) is 4.64. The van der Waals surface area contributed by atoms with Gasteiger partial charge < -0.3 is 10.2 Å². The van der Waals surface area contributed by atoms with E-state index in [4.69, 9.17) is 0 Å². The van der Waals surface area contributed by atoms with Crippen molar-refractivity contribution in [2.75, 3.05) is 20.2 Å². The Hall–Kier alpha value is -0.570. The molecule has 1 saturated heterocycles. The van der Waals surface area contributed by atoms with Gasteiger partial charge in [-0.25, -0.2) is 0 Å². The van der Waals surface area contributed by atoms with Gasteiger partial charge in [0.05, 0.1) is 5.71 Å². The Bertz CT molecular complexity index is 105. The molecule has 66 valence electrons. The van der Waals surface area contributed by atoms with Gasteiger partial charge in [0.1, 0.15) is 7.11 Å². The maximum Gasteiger partial charge on any atom is 0.106 e. The number of oxime groups is 1. The van der Waals surface area contributed by atoms with E-state index >= 15 is 0 Å². The van der Waals surface area contributed by atoms with Crippen LogP contribution in [0.15, 0.2) is 5.16 Å². The highest BCUT2D eigenvalue weighted by Crippen LogP contribution is 1.97. The van der Waals surface area contributed by atoms with Crippen molar-refractivity contribution in [3.8, 4) is 0 Å². The zero-order valence-corrected chi connectivity index (χ0v) is 7.68. The lowest BCUT2D eigenvalue weighted by Gasteiger charge is -2.12. The van der Waals surface area contributed by atoms with Crippen LogP contribution in [0.4, 0.5) is 0 Å². The molecular formula is C8H18N2O. The summed E-state index contributed by atoms with van der Waals surface area (Å²) >= 11 is 0. The normalized spacial score (nSPS) is 16.5. The molecule has 3 nitrogen and oxygen atoms in total. The standard InChI is InChI=1S/C6H12N2O.C2H6/c1-9-8-6-2-4-7-5-3-6;1-2/h7H,2-5H2,1H3;1-2H3. The van der Waals surface area contributed by atoms with Crippen LogP contribution < -0.4 is 5.32 Å². The molecule has 0 amide bonds. The fraction of sp³-hybridized carbons (Fsp3) is 0.875. The molecule has 3 heteroatoms. The van der Waals surface area contributed by atoms with Crippen LogP contribution in [0, 0.1) is 0 Å². The van der Waals surface area contributed by atoms with Crippen LogP contribution in [0.2, 0.25) is 0 Å². The van der Waals surface area contributed by atoms with Crippen LogP contribution in [0.3, 0.4) is 0 Å². The first kappa shape index (κ1) is 10.4. The molecule has 0 aromatic rings. The third-order valence-corrected chi connectivity index (χ3v) is 1.40. The van der Waals surface area contributed by atoms with Gasteiger partial charge in [0.25, 0.3) is 0 Å². The molecule has 11 heavy (non-hydrogen) atoms. The first-order valence-corrected chi connectivity index (χ1v) is 4.23. The molecule has 0 atom stereocenters. The Kier molecular flexibility index (Phi) is 7.15. The van der Waals surface area contributed by atoms with Crippen molar-refractivity contribution in [2.45, 2.75) is 26.7 Å². The number of nitrogens with one attached hydrogen (secondary N) is 1. The van der Waals surface area contributed by atoms with Gasteiger partial charge >= 0.3 is 0 Å². The second-order valence-electron chi connectivity index (χ2n) is 2.09. The second kappa shape index (κ2) is 7.54. The van der Waals surface area contributed by atoms with E-state index in [0.717, 1.165) is 25.9 Å². The number of piperidine rings is 1. The molecule has 1 aliphatic rings. The second-order valence-corrected chi connectivity index (χ2v) is 2.09. The third-order valence-electron chi connectivity index (χ3n) is 1.40. The van der Waals surface area contributed by atoms with Crippen molar-refractivity contribution in [1.82, 2.24) is 5.32 Å². The first-order valence-electron chi connectivity index (χ1n) is 4.23. The summed E-state index contributed by atoms with van der Waals surface area (Å²) in [7, 11) is 1.59. The van der Waals surface area contributed by atoms with E-state index in [2.05, 4.69) is 15.3 Å². The number of hydrogen-bond acceptors (Lipinski definition) is 3. The lowest BCUT2D eigenvalue weighted by atomic mass is 10.1. The predicted octanol–water partition coefficient (Wildman–Crippen LogP) is 1.40. The van der Waals surface area contributed by atoms with Crippen molar-refractivity contribution < 1.29 is 4.84 Å². The van der Waals surface area contributed by atoms with Crippen molar-refractivity contribution in [3.05, 3.63) is 0 Å². The van der Waals surface area contributed by atoms with E-state index in [9.17, 15) is 0 Å². The Morgan fingerprint density at radius 3 is 2.27 bits per heavy atom. The SMILES string of the molecule is CC.CON=C1CCNCC1. The molecule has 1 aliphatic heterocycles. The van der Waals surface area contributed by atoms with E-state index in [-0.39, 0.29) is 0 Å². The van der Waals surface area contributed by atoms with Gasteiger partial charge in [-0.3, -0.25) is 0 Å². The number of rotatable bonds is 1. The third kappa shape index (κ3) is 4.79. The van der Waals surface area contributed by atoms with Crippen LogP contribution in [-0.4, -0.2) is 25.9 Å². The summed E-state index contributed by atoms with van der Waals surface area (Å²) in [6.45, 7) is 6.09. The van der Waals surface area contributed by atoms with E-state index in [1.165, 1.54) is 5.71 Å². The molecule has 0 spiro atoms. The highest BCUT2D eigenvalue weighted by atomic mass is 16.6. The summed E-state index contributed by atoms with van der Waals surface area (Å²) in [5.74, 6) is 0. The highest BCUT2D eigenvalue weighted by molar-refractivity contribution is 5.84. The summed E-state index contributed by atoms with van der Waals surface area (Å²) in [6.07, 6.45) is 2.07. The molecule has 0 aromatic heterocycles. The van der Waals surface area contributed by atoms with E-state index in [1.54, 1.807) is 7.11 Å². The molecule has 0 aromatic carbocycles. The predicted molar refractivity (Wildman–Crippen MR) is 47.9 cm³/mol. The molecule has 0 radical (unpaired) electrons.